The number of pyridine rings is 1. The first kappa shape index (κ1) is 12.0. The molecule has 1 aromatic carbocycles. The van der Waals surface area contributed by atoms with Gasteiger partial charge in [0.1, 0.15) is 11.0 Å². The summed E-state index contributed by atoms with van der Waals surface area (Å²) in [5.74, 6) is -0.186. The second kappa shape index (κ2) is 5.75. The van der Waals surface area contributed by atoms with Crippen LogP contribution in [0.2, 0.25) is 5.15 Å². The van der Waals surface area contributed by atoms with Gasteiger partial charge in [-0.05, 0) is 17.7 Å². The summed E-state index contributed by atoms with van der Waals surface area (Å²) in [4.78, 5) is 3.97. The molecule has 2 aromatic rings. The molecule has 0 aliphatic heterocycles. The van der Waals surface area contributed by atoms with Crippen molar-refractivity contribution >= 4 is 11.6 Å². The Balaban J connectivity index is 1.88. The van der Waals surface area contributed by atoms with Crippen LogP contribution in [0.25, 0.3) is 0 Å². The van der Waals surface area contributed by atoms with Crippen LogP contribution in [-0.4, -0.2) is 4.98 Å². The summed E-state index contributed by atoms with van der Waals surface area (Å²) in [6.07, 6.45) is 1.71. The maximum Gasteiger partial charge on any atom is 0.129 e. The van der Waals surface area contributed by atoms with Crippen LogP contribution < -0.4 is 5.32 Å². The number of rotatable bonds is 4. The fraction of sp³-hybridized carbons (Fsp3) is 0.154. The molecular weight excluding hydrogens is 239 g/mol. The quantitative estimate of drug-likeness (QED) is 0.844. The second-order valence-electron chi connectivity index (χ2n) is 3.68. The van der Waals surface area contributed by atoms with E-state index < -0.39 is 0 Å². The fourth-order valence-electron chi connectivity index (χ4n) is 1.49. The molecule has 0 aliphatic carbocycles. The van der Waals surface area contributed by atoms with Crippen LogP contribution in [0.4, 0.5) is 4.39 Å². The largest absolute Gasteiger partial charge is 0.308 e. The monoisotopic (exact) mass is 250 g/mol. The molecule has 88 valence electrons. The lowest BCUT2D eigenvalue weighted by Crippen LogP contribution is -2.13. The van der Waals surface area contributed by atoms with E-state index in [0.29, 0.717) is 23.8 Å². The molecule has 17 heavy (non-hydrogen) atoms. The highest BCUT2D eigenvalue weighted by molar-refractivity contribution is 6.29. The van der Waals surface area contributed by atoms with E-state index >= 15 is 0 Å². The normalized spacial score (nSPS) is 10.5. The van der Waals surface area contributed by atoms with Crippen LogP contribution in [0.1, 0.15) is 11.1 Å². The lowest BCUT2D eigenvalue weighted by atomic mass is 10.2. The van der Waals surface area contributed by atoms with Gasteiger partial charge in [0.15, 0.2) is 0 Å². The molecule has 0 unspecified atom stereocenters. The van der Waals surface area contributed by atoms with Crippen LogP contribution in [-0.2, 0) is 13.1 Å². The zero-order chi connectivity index (χ0) is 12.1. The molecule has 0 saturated carbocycles. The topological polar surface area (TPSA) is 24.9 Å². The number of benzene rings is 1. The molecule has 1 aromatic heterocycles. The van der Waals surface area contributed by atoms with Crippen molar-refractivity contribution in [2.75, 3.05) is 0 Å². The van der Waals surface area contributed by atoms with Crippen molar-refractivity contribution in [2.45, 2.75) is 13.1 Å². The van der Waals surface area contributed by atoms with Crippen molar-refractivity contribution in [2.24, 2.45) is 0 Å². The van der Waals surface area contributed by atoms with Gasteiger partial charge in [0.2, 0.25) is 0 Å². The molecule has 1 heterocycles. The van der Waals surface area contributed by atoms with Crippen LogP contribution in [0.3, 0.4) is 0 Å². The van der Waals surface area contributed by atoms with Gasteiger partial charge in [0.05, 0.1) is 0 Å². The van der Waals surface area contributed by atoms with E-state index in [-0.39, 0.29) is 5.82 Å². The Bertz CT molecular complexity index is 485. The summed E-state index contributed by atoms with van der Waals surface area (Å²) in [5.41, 5.74) is 1.68. The highest BCUT2D eigenvalue weighted by Gasteiger charge is 2.00. The predicted molar refractivity (Wildman–Crippen MR) is 66.2 cm³/mol. The Morgan fingerprint density at radius 3 is 2.65 bits per heavy atom. The molecule has 0 aliphatic rings. The average Bonchev–Trinajstić information content (AvgIpc) is 2.34. The van der Waals surface area contributed by atoms with Crippen LogP contribution >= 0.6 is 11.6 Å². The van der Waals surface area contributed by atoms with Crippen molar-refractivity contribution < 1.29 is 4.39 Å². The third kappa shape index (κ3) is 3.51. The van der Waals surface area contributed by atoms with Gasteiger partial charge >= 0.3 is 0 Å². The maximum atomic E-state index is 13.3. The van der Waals surface area contributed by atoms with Crippen molar-refractivity contribution in [3.05, 3.63) is 64.7 Å². The number of aromatic nitrogens is 1. The van der Waals surface area contributed by atoms with Gasteiger partial charge in [0, 0.05) is 24.8 Å². The summed E-state index contributed by atoms with van der Waals surface area (Å²) in [5, 5.41) is 3.63. The van der Waals surface area contributed by atoms with E-state index in [0.717, 1.165) is 5.56 Å². The van der Waals surface area contributed by atoms with Gasteiger partial charge in [-0.3, -0.25) is 0 Å². The Labute approximate surface area is 104 Å². The summed E-state index contributed by atoms with van der Waals surface area (Å²) in [6.45, 7) is 1.13. The standard InChI is InChI=1S/C13H12ClFN2/c14-13-6-5-10(8-17-13)7-16-9-11-3-1-2-4-12(11)15/h1-6,8,16H,7,9H2. The van der Waals surface area contributed by atoms with E-state index in [1.807, 2.05) is 12.1 Å². The Morgan fingerprint density at radius 1 is 1.12 bits per heavy atom. The van der Waals surface area contributed by atoms with Gasteiger partial charge in [-0.1, -0.05) is 35.9 Å². The van der Waals surface area contributed by atoms with Crippen LogP contribution in [0.5, 0.6) is 0 Å². The van der Waals surface area contributed by atoms with Gasteiger partial charge in [-0.15, -0.1) is 0 Å². The van der Waals surface area contributed by atoms with E-state index in [2.05, 4.69) is 10.3 Å². The van der Waals surface area contributed by atoms with Crippen molar-refractivity contribution in [1.82, 2.24) is 10.3 Å². The molecule has 4 heteroatoms. The molecule has 1 N–H and O–H groups in total. The van der Waals surface area contributed by atoms with Crippen molar-refractivity contribution in [3.63, 3.8) is 0 Å². The molecule has 0 saturated heterocycles. The molecule has 0 radical (unpaired) electrons. The summed E-state index contributed by atoms with van der Waals surface area (Å²) in [7, 11) is 0. The number of nitrogens with one attached hydrogen (secondary N) is 1. The first-order valence-corrected chi connectivity index (χ1v) is 5.68. The first-order chi connectivity index (χ1) is 8.25. The highest BCUT2D eigenvalue weighted by Crippen LogP contribution is 2.07. The number of hydrogen-bond donors (Lipinski definition) is 1. The summed E-state index contributed by atoms with van der Waals surface area (Å²) in [6, 6.07) is 10.4. The zero-order valence-electron chi connectivity index (χ0n) is 9.16. The fourth-order valence-corrected chi connectivity index (χ4v) is 1.61. The van der Waals surface area contributed by atoms with E-state index in [4.69, 9.17) is 11.6 Å². The smallest absolute Gasteiger partial charge is 0.129 e. The van der Waals surface area contributed by atoms with E-state index in [1.54, 1.807) is 24.4 Å². The lowest BCUT2D eigenvalue weighted by Gasteiger charge is -2.05. The Kier molecular flexibility index (Phi) is 4.07. The number of halogens is 2. The minimum Gasteiger partial charge on any atom is -0.308 e. The Hall–Kier alpha value is -1.45. The number of hydrogen-bond acceptors (Lipinski definition) is 2. The average molecular weight is 251 g/mol. The van der Waals surface area contributed by atoms with E-state index in [1.165, 1.54) is 6.07 Å². The minimum absolute atomic E-state index is 0.186. The molecule has 0 spiro atoms. The lowest BCUT2D eigenvalue weighted by molar-refractivity contribution is 0.588. The van der Waals surface area contributed by atoms with Gasteiger partial charge < -0.3 is 5.32 Å². The predicted octanol–water partition coefficient (Wildman–Crippen LogP) is 3.16. The maximum absolute atomic E-state index is 13.3. The second-order valence-corrected chi connectivity index (χ2v) is 4.07. The molecule has 0 atom stereocenters. The van der Waals surface area contributed by atoms with Gasteiger partial charge in [-0.25, -0.2) is 9.37 Å². The molecular formula is C13H12ClFN2. The van der Waals surface area contributed by atoms with Crippen LogP contribution in [0, 0.1) is 5.82 Å². The molecule has 0 bridgehead atoms. The summed E-state index contributed by atoms with van der Waals surface area (Å²) >= 11 is 5.68. The van der Waals surface area contributed by atoms with Crippen molar-refractivity contribution in [1.29, 1.82) is 0 Å². The summed E-state index contributed by atoms with van der Waals surface area (Å²) < 4.78 is 13.3. The molecule has 2 nitrogen and oxygen atoms in total. The van der Waals surface area contributed by atoms with E-state index in [9.17, 15) is 4.39 Å². The van der Waals surface area contributed by atoms with Gasteiger partial charge in [-0.2, -0.15) is 0 Å². The third-order valence-corrected chi connectivity index (χ3v) is 2.61. The SMILES string of the molecule is Fc1ccccc1CNCc1ccc(Cl)nc1. The zero-order valence-corrected chi connectivity index (χ0v) is 9.91. The third-order valence-electron chi connectivity index (χ3n) is 2.39. The Morgan fingerprint density at radius 2 is 1.94 bits per heavy atom. The molecule has 0 fully saturated rings. The first-order valence-electron chi connectivity index (χ1n) is 5.30. The minimum atomic E-state index is -0.186. The highest BCUT2D eigenvalue weighted by atomic mass is 35.5. The number of nitrogens with zero attached hydrogens (tertiary/aromatic N) is 1. The molecule has 0 amide bonds. The molecule has 2 rings (SSSR count). The van der Waals surface area contributed by atoms with Gasteiger partial charge in [0.25, 0.3) is 0 Å². The van der Waals surface area contributed by atoms with Crippen molar-refractivity contribution in [3.8, 4) is 0 Å². The van der Waals surface area contributed by atoms with Crippen LogP contribution in [0.15, 0.2) is 42.6 Å².